The van der Waals surface area contributed by atoms with Gasteiger partial charge in [-0.2, -0.15) is 0 Å². The van der Waals surface area contributed by atoms with Gasteiger partial charge in [0.2, 0.25) is 0 Å². The SMILES string of the molecule is O=C(NCCC1=CCCCC1)C(=O)N1CCN(C(=O)c2c[nH]c3ccccc23)CC1. The Morgan fingerprint density at radius 2 is 1.77 bits per heavy atom. The van der Waals surface area contributed by atoms with Crippen molar-refractivity contribution in [3.05, 3.63) is 47.7 Å². The average Bonchev–Trinajstić information content (AvgIpc) is 3.23. The number of hydrogen-bond donors (Lipinski definition) is 2. The third-order valence-corrected chi connectivity index (χ3v) is 5.98. The number of para-hydroxylation sites is 1. The lowest BCUT2D eigenvalue weighted by Gasteiger charge is -2.34. The van der Waals surface area contributed by atoms with Crippen molar-refractivity contribution in [1.29, 1.82) is 0 Å². The fourth-order valence-corrected chi connectivity index (χ4v) is 4.22. The molecule has 2 aliphatic rings. The van der Waals surface area contributed by atoms with Crippen molar-refractivity contribution in [2.45, 2.75) is 32.1 Å². The van der Waals surface area contributed by atoms with Gasteiger partial charge in [-0.3, -0.25) is 14.4 Å². The largest absolute Gasteiger partial charge is 0.360 e. The van der Waals surface area contributed by atoms with Gasteiger partial charge < -0.3 is 20.1 Å². The van der Waals surface area contributed by atoms with Crippen LogP contribution in [0.1, 0.15) is 42.5 Å². The maximum absolute atomic E-state index is 12.9. The number of amides is 3. The van der Waals surface area contributed by atoms with Crippen molar-refractivity contribution < 1.29 is 14.4 Å². The third-order valence-electron chi connectivity index (χ3n) is 5.98. The van der Waals surface area contributed by atoms with Crippen molar-refractivity contribution in [1.82, 2.24) is 20.1 Å². The van der Waals surface area contributed by atoms with Gasteiger partial charge in [0.1, 0.15) is 0 Å². The minimum atomic E-state index is -0.553. The quantitative estimate of drug-likeness (QED) is 0.602. The zero-order chi connectivity index (χ0) is 20.9. The molecule has 1 aliphatic heterocycles. The van der Waals surface area contributed by atoms with Crippen LogP contribution in [-0.4, -0.2) is 65.2 Å². The number of nitrogens with zero attached hydrogens (tertiary/aromatic N) is 2. The minimum absolute atomic E-state index is 0.0512. The van der Waals surface area contributed by atoms with Gasteiger partial charge in [-0.25, -0.2) is 0 Å². The summed E-state index contributed by atoms with van der Waals surface area (Å²) >= 11 is 0. The maximum Gasteiger partial charge on any atom is 0.312 e. The number of benzene rings is 1. The van der Waals surface area contributed by atoms with Crippen LogP contribution in [0.3, 0.4) is 0 Å². The summed E-state index contributed by atoms with van der Waals surface area (Å²) in [7, 11) is 0. The van der Waals surface area contributed by atoms with Crippen LogP contribution in [0.25, 0.3) is 10.9 Å². The van der Waals surface area contributed by atoms with Crippen LogP contribution in [0.2, 0.25) is 0 Å². The predicted molar refractivity (Wildman–Crippen MR) is 115 cm³/mol. The molecule has 0 saturated carbocycles. The van der Waals surface area contributed by atoms with E-state index in [-0.39, 0.29) is 5.91 Å². The fraction of sp³-hybridized carbons (Fsp3) is 0.435. The Morgan fingerprint density at radius 1 is 1.00 bits per heavy atom. The molecule has 3 amide bonds. The number of aromatic nitrogens is 1. The molecule has 158 valence electrons. The number of piperazine rings is 1. The summed E-state index contributed by atoms with van der Waals surface area (Å²) in [5.41, 5.74) is 2.94. The highest BCUT2D eigenvalue weighted by Crippen LogP contribution is 2.21. The molecule has 0 atom stereocenters. The summed E-state index contributed by atoms with van der Waals surface area (Å²) in [6.07, 6.45) is 9.45. The highest BCUT2D eigenvalue weighted by atomic mass is 16.2. The first-order chi connectivity index (χ1) is 14.6. The summed E-state index contributed by atoms with van der Waals surface area (Å²) in [6, 6.07) is 7.69. The molecular formula is C23H28N4O3. The number of nitrogens with one attached hydrogen (secondary N) is 2. The topological polar surface area (TPSA) is 85.5 Å². The molecule has 7 nitrogen and oxygen atoms in total. The van der Waals surface area contributed by atoms with Crippen LogP contribution in [0, 0.1) is 0 Å². The molecule has 7 heteroatoms. The van der Waals surface area contributed by atoms with Crippen molar-refractivity contribution >= 4 is 28.6 Å². The second-order valence-corrected chi connectivity index (χ2v) is 7.95. The lowest BCUT2D eigenvalue weighted by Crippen LogP contribution is -2.53. The molecular weight excluding hydrogens is 380 g/mol. The molecule has 0 bridgehead atoms. The van der Waals surface area contributed by atoms with Crippen LogP contribution < -0.4 is 5.32 Å². The summed E-state index contributed by atoms with van der Waals surface area (Å²) in [4.78, 5) is 44.0. The van der Waals surface area contributed by atoms with Gasteiger partial charge in [-0.1, -0.05) is 29.8 Å². The zero-order valence-electron chi connectivity index (χ0n) is 17.2. The average molecular weight is 409 g/mol. The number of carbonyl (C=O) groups is 3. The summed E-state index contributed by atoms with van der Waals surface area (Å²) in [5, 5.41) is 3.64. The Morgan fingerprint density at radius 3 is 2.53 bits per heavy atom. The number of H-pyrrole nitrogens is 1. The number of fused-ring (bicyclic) bond motifs is 1. The van der Waals surface area contributed by atoms with Gasteiger partial charge >= 0.3 is 11.8 Å². The molecule has 0 spiro atoms. The molecule has 2 heterocycles. The van der Waals surface area contributed by atoms with Gasteiger partial charge in [-0.05, 0) is 38.2 Å². The predicted octanol–water partition coefficient (Wildman–Crippen LogP) is 2.46. The van der Waals surface area contributed by atoms with Crippen LogP contribution >= 0.6 is 0 Å². The highest BCUT2D eigenvalue weighted by molar-refractivity contribution is 6.35. The van der Waals surface area contributed by atoms with Crippen LogP contribution in [0.4, 0.5) is 0 Å². The number of rotatable bonds is 4. The molecule has 1 aromatic carbocycles. The number of allylic oxidation sites excluding steroid dienone is 1. The van der Waals surface area contributed by atoms with Gasteiger partial charge in [0.05, 0.1) is 5.56 Å². The van der Waals surface area contributed by atoms with E-state index in [1.54, 1.807) is 11.1 Å². The van der Waals surface area contributed by atoms with Gasteiger partial charge in [0.25, 0.3) is 5.91 Å². The second kappa shape index (κ2) is 9.15. The molecule has 2 aromatic rings. The Hall–Kier alpha value is -3.09. The highest BCUT2D eigenvalue weighted by Gasteiger charge is 2.29. The molecule has 4 rings (SSSR count). The normalized spacial score (nSPS) is 17.0. The Bertz CT molecular complexity index is 970. The van der Waals surface area contributed by atoms with Crippen molar-refractivity contribution in [3.63, 3.8) is 0 Å². The molecule has 1 saturated heterocycles. The first-order valence-corrected chi connectivity index (χ1v) is 10.7. The maximum atomic E-state index is 12.9. The monoisotopic (exact) mass is 408 g/mol. The van der Waals surface area contributed by atoms with E-state index in [0.717, 1.165) is 30.2 Å². The Kier molecular flexibility index (Phi) is 6.16. The van der Waals surface area contributed by atoms with E-state index in [1.807, 2.05) is 24.3 Å². The van der Waals surface area contributed by atoms with E-state index in [4.69, 9.17) is 0 Å². The van der Waals surface area contributed by atoms with Crippen molar-refractivity contribution in [2.75, 3.05) is 32.7 Å². The van der Waals surface area contributed by atoms with Crippen molar-refractivity contribution in [2.24, 2.45) is 0 Å². The van der Waals surface area contributed by atoms with Gasteiger partial charge in [0, 0.05) is 49.8 Å². The van der Waals surface area contributed by atoms with E-state index in [2.05, 4.69) is 16.4 Å². The Labute approximate surface area is 176 Å². The van der Waals surface area contributed by atoms with Crippen LogP contribution in [0.5, 0.6) is 0 Å². The summed E-state index contributed by atoms with van der Waals surface area (Å²) in [6.45, 7) is 2.07. The molecule has 2 N–H and O–H groups in total. The van der Waals surface area contributed by atoms with E-state index in [9.17, 15) is 14.4 Å². The van der Waals surface area contributed by atoms with E-state index in [0.29, 0.717) is 38.3 Å². The van der Waals surface area contributed by atoms with Gasteiger partial charge in [-0.15, -0.1) is 0 Å². The Balaban J connectivity index is 1.26. The summed E-state index contributed by atoms with van der Waals surface area (Å²) < 4.78 is 0. The summed E-state index contributed by atoms with van der Waals surface area (Å²) in [5.74, 6) is -1.11. The van der Waals surface area contributed by atoms with E-state index in [1.165, 1.54) is 23.3 Å². The molecule has 1 aromatic heterocycles. The molecule has 1 aliphatic carbocycles. The molecule has 0 unspecified atom stereocenters. The standard InChI is InChI=1S/C23H28N4O3/c28-21(24-11-10-17-6-2-1-3-7-17)23(30)27-14-12-26(13-15-27)22(29)19-16-25-20-9-5-4-8-18(19)20/h4-6,8-9,16,25H,1-3,7,10-15H2,(H,24,28). The van der Waals surface area contributed by atoms with E-state index >= 15 is 0 Å². The van der Waals surface area contributed by atoms with Crippen molar-refractivity contribution in [3.8, 4) is 0 Å². The number of carbonyl (C=O) groups excluding carboxylic acids is 3. The van der Waals surface area contributed by atoms with Gasteiger partial charge in [0.15, 0.2) is 0 Å². The number of aromatic amines is 1. The fourth-order valence-electron chi connectivity index (χ4n) is 4.22. The minimum Gasteiger partial charge on any atom is -0.360 e. The molecule has 0 radical (unpaired) electrons. The van der Waals surface area contributed by atoms with Crippen LogP contribution in [0.15, 0.2) is 42.1 Å². The zero-order valence-corrected chi connectivity index (χ0v) is 17.2. The lowest BCUT2D eigenvalue weighted by atomic mass is 9.97. The van der Waals surface area contributed by atoms with E-state index < -0.39 is 11.8 Å². The smallest absolute Gasteiger partial charge is 0.312 e. The first kappa shape index (κ1) is 20.2. The van der Waals surface area contributed by atoms with Crippen LogP contribution in [-0.2, 0) is 9.59 Å². The third kappa shape index (κ3) is 4.40. The molecule has 30 heavy (non-hydrogen) atoms. The second-order valence-electron chi connectivity index (χ2n) is 7.95. The lowest BCUT2D eigenvalue weighted by molar-refractivity contribution is -0.146. The first-order valence-electron chi connectivity index (χ1n) is 10.7. The number of hydrogen-bond acceptors (Lipinski definition) is 3. The molecule has 1 fully saturated rings.